The van der Waals surface area contributed by atoms with Crippen molar-refractivity contribution in [1.29, 1.82) is 0 Å². The van der Waals surface area contributed by atoms with Crippen molar-refractivity contribution in [2.75, 3.05) is 7.11 Å². The van der Waals surface area contributed by atoms with Gasteiger partial charge in [0.1, 0.15) is 11.3 Å². The smallest absolute Gasteiger partial charge is 0.163 e. The average molecular weight is 244 g/mol. The van der Waals surface area contributed by atoms with Crippen LogP contribution >= 0.6 is 0 Å². The maximum Gasteiger partial charge on any atom is 0.163 e. The number of benzene rings is 1. The molecule has 1 aliphatic carbocycles. The maximum atomic E-state index is 11.1. The van der Waals surface area contributed by atoms with Crippen LogP contribution in [0.15, 0.2) is 30.5 Å². The first-order valence-corrected chi connectivity index (χ1v) is 6.04. The summed E-state index contributed by atoms with van der Waals surface area (Å²) in [4.78, 5) is 0. The summed E-state index contributed by atoms with van der Waals surface area (Å²) in [6, 6.07) is 8.01. The van der Waals surface area contributed by atoms with Crippen LogP contribution in [0.3, 0.4) is 0 Å². The SMILES string of the molecule is COc1cnn(C)c1C1(O)CCc2ccccc21. The molecule has 3 rings (SSSR count). The molecule has 0 spiro atoms. The van der Waals surface area contributed by atoms with Gasteiger partial charge in [0.15, 0.2) is 5.75 Å². The molecule has 4 nitrogen and oxygen atoms in total. The Labute approximate surface area is 106 Å². The normalized spacial score (nSPS) is 21.9. The maximum absolute atomic E-state index is 11.1. The Balaban J connectivity index is 2.20. The number of rotatable bonds is 2. The fraction of sp³-hybridized carbons (Fsp3) is 0.357. The number of hydrogen-bond donors (Lipinski definition) is 1. The molecule has 1 heterocycles. The van der Waals surface area contributed by atoms with Crippen LogP contribution in [0, 0.1) is 0 Å². The predicted octanol–water partition coefficient (Wildman–Crippen LogP) is 1.61. The van der Waals surface area contributed by atoms with Crippen LogP contribution in [0.4, 0.5) is 0 Å². The van der Waals surface area contributed by atoms with E-state index in [1.165, 1.54) is 5.56 Å². The fourth-order valence-corrected chi connectivity index (χ4v) is 2.88. The standard InChI is InChI=1S/C14H16N2O2/c1-16-13(12(18-2)9-15-16)14(17)8-7-10-5-3-4-6-11(10)14/h3-6,9,17H,7-8H2,1-2H3. The average Bonchev–Trinajstić information content (AvgIpc) is 2.92. The van der Waals surface area contributed by atoms with Gasteiger partial charge in [-0.05, 0) is 24.0 Å². The molecule has 1 unspecified atom stereocenters. The van der Waals surface area contributed by atoms with Crippen LogP contribution < -0.4 is 4.74 Å². The van der Waals surface area contributed by atoms with Crippen LogP contribution in [0.2, 0.25) is 0 Å². The van der Waals surface area contributed by atoms with E-state index in [-0.39, 0.29) is 0 Å². The number of methoxy groups -OCH3 is 1. The van der Waals surface area contributed by atoms with Gasteiger partial charge in [0.2, 0.25) is 0 Å². The van der Waals surface area contributed by atoms with Crippen molar-refractivity contribution >= 4 is 0 Å². The summed E-state index contributed by atoms with van der Waals surface area (Å²) in [6.45, 7) is 0. The lowest BCUT2D eigenvalue weighted by atomic mass is 9.92. The molecule has 0 amide bonds. The van der Waals surface area contributed by atoms with E-state index in [2.05, 4.69) is 11.2 Å². The Kier molecular flexibility index (Phi) is 2.41. The summed E-state index contributed by atoms with van der Waals surface area (Å²) in [7, 11) is 3.43. The van der Waals surface area contributed by atoms with Crippen molar-refractivity contribution in [3.05, 3.63) is 47.3 Å². The van der Waals surface area contributed by atoms with Crippen molar-refractivity contribution in [3.63, 3.8) is 0 Å². The Morgan fingerprint density at radius 2 is 2.17 bits per heavy atom. The first-order chi connectivity index (χ1) is 8.66. The van der Waals surface area contributed by atoms with Crippen molar-refractivity contribution in [3.8, 4) is 5.75 Å². The molecule has 0 bridgehead atoms. The van der Waals surface area contributed by atoms with Crippen LogP contribution in [-0.2, 0) is 19.1 Å². The van der Waals surface area contributed by atoms with Gasteiger partial charge in [-0.1, -0.05) is 24.3 Å². The molecule has 0 radical (unpaired) electrons. The van der Waals surface area contributed by atoms with E-state index in [1.807, 2.05) is 25.2 Å². The minimum atomic E-state index is -0.993. The molecule has 1 N–H and O–H groups in total. The van der Waals surface area contributed by atoms with E-state index < -0.39 is 5.60 Å². The minimum Gasteiger partial charge on any atom is -0.493 e. The Morgan fingerprint density at radius 3 is 2.94 bits per heavy atom. The van der Waals surface area contributed by atoms with Crippen molar-refractivity contribution < 1.29 is 9.84 Å². The van der Waals surface area contributed by atoms with Gasteiger partial charge >= 0.3 is 0 Å². The lowest BCUT2D eigenvalue weighted by Crippen LogP contribution is -2.27. The lowest BCUT2D eigenvalue weighted by molar-refractivity contribution is 0.0711. The molecule has 94 valence electrons. The van der Waals surface area contributed by atoms with Gasteiger partial charge in [-0.3, -0.25) is 4.68 Å². The first-order valence-electron chi connectivity index (χ1n) is 6.04. The van der Waals surface area contributed by atoms with Gasteiger partial charge in [0.05, 0.1) is 13.3 Å². The van der Waals surface area contributed by atoms with Gasteiger partial charge in [-0.15, -0.1) is 0 Å². The van der Waals surface area contributed by atoms with E-state index in [9.17, 15) is 5.11 Å². The number of aromatic nitrogens is 2. The molecule has 0 aliphatic heterocycles. The quantitative estimate of drug-likeness (QED) is 0.873. The second-order valence-electron chi connectivity index (χ2n) is 4.70. The van der Waals surface area contributed by atoms with Crippen molar-refractivity contribution in [2.24, 2.45) is 7.05 Å². The third-order valence-electron chi connectivity index (χ3n) is 3.74. The number of nitrogens with zero attached hydrogens (tertiary/aromatic N) is 2. The van der Waals surface area contributed by atoms with Gasteiger partial charge in [-0.2, -0.15) is 5.10 Å². The summed E-state index contributed by atoms with van der Waals surface area (Å²) < 4.78 is 7.01. The Hall–Kier alpha value is -1.81. The second kappa shape index (κ2) is 3.85. The zero-order valence-electron chi connectivity index (χ0n) is 10.6. The van der Waals surface area contributed by atoms with Crippen molar-refractivity contribution in [1.82, 2.24) is 9.78 Å². The highest BCUT2D eigenvalue weighted by atomic mass is 16.5. The summed E-state index contributed by atoms with van der Waals surface area (Å²) in [5.41, 5.74) is 1.90. The molecule has 1 aliphatic rings. The molecule has 0 saturated carbocycles. The molecule has 0 saturated heterocycles. The third-order valence-corrected chi connectivity index (χ3v) is 3.74. The summed E-state index contributed by atoms with van der Waals surface area (Å²) in [5.74, 6) is 0.636. The van der Waals surface area contributed by atoms with E-state index in [1.54, 1.807) is 18.0 Å². The second-order valence-corrected chi connectivity index (χ2v) is 4.70. The summed E-state index contributed by atoms with van der Waals surface area (Å²) in [5, 5.41) is 15.2. The van der Waals surface area contributed by atoms with Crippen LogP contribution in [-0.4, -0.2) is 22.0 Å². The van der Waals surface area contributed by atoms with Crippen LogP contribution in [0.25, 0.3) is 0 Å². The Morgan fingerprint density at radius 1 is 1.39 bits per heavy atom. The highest BCUT2D eigenvalue weighted by molar-refractivity contribution is 5.47. The van der Waals surface area contributed by atoms with E-state index >= 15 is 0 Å². The zero-order chi connectivity index (χ0) is 12.8. The first kappa shape index (κ1) is 11.3. The number of hydrogen-bond acceptors (Lipinski definition) is 3. The molecular weight excluding hydrogens is 228 g/mol. The fourth-order valence-electron chi connectivity index (χ4n) is 2.88. The number of fused-ring (bicyclic) bond motifs is 1. The number of aryl methyl sites for hydroxylation is 2. The van der Waals surface area contributed by atoms with Gasteiger partial charge < -0.3 is 9.84 Å². The molecular formula is C14H16N2O2. The van der Waals surface area contributed by atoms with E-state index in [0.29, 0.717) is 12.2 Å². The molecule has 2 aromatic rings. The number of aliphatic hydroxyl groups is 1. The summed E-state index contributed by atoms with van der Waals surface area (Å²) in [6.07, 6.45) is 3.19. The molecule has 1 aromatic carbocycles. The van der Waals surface area contributed by atoms with Gasteiger partial charge in [0, 0.05) is 7.05 Å². The molecule has 1 aromatic heterocycles. The molecule has 0 fully saturated rings. The van der Waals surface area contributed by atoms with Crippen molar-refractivity contribution in [2.45, 2.75) is 18.4 Å². The zero-order valence-corrected chi connectivity index (χ0v) is 10.6. The van der Waals surface area contributed by atoms with Crippen LogP contribution in [0.1, 0.15) is 23.2 Å². The van der Waals surface area contributed by atoms with E-state index in [4.69, 9.17) is 4.74 Å². The topological polar surface area (TPSA) is 47.3 Å². The highest BCUT2D eigenvalue weighted by Gasteiger charge is 2.42. The molecule has 18 heavy (non-hydrogen) atoms. The number of ether oxygens (including phenoxy) is 1. The summed E-state index contributed by atoms with van der Waals surface area (Å²) >= 11 is 0. The highest BCUT2D eigenvalue weighted by Crippen LogP contribution is 2.44. The monoisotopic (exact) mass is 244 g/mol. The van der Waals surface area contributed by atoms with Gasteiger partial charge in [-0.25, -0.2) is 0 Å². The third kappa shape index (κ3) is 1.39. The van der Waals surface area contributed by atoms with Crippen LogP contribution in [0.5, 0.6) is 5.75 Å². The predicted molar refractivity (Wildman–Crippen MR) is 67.5 cm³/mol. The Bertz CT molecular complexity index is 591. The molecule has 4 heteroatoms. The lowest BCUT2D eigenvalue weighted by Gasteiger charge is -2.25. The van der Waals surface area contributed by atoms with Gasteiger partial charge in [0.25, 0.3) is 0 Å². The van der Waals surface area contributed by atoms with E-state index in [0.717, 1.165) is 17.7 Å². The minimum absolute atomic E-state index is 0.636. The molecule has 1 atom stereocenters. The largest absolute Gasteiger partial charge is 0.493 e.